The average Bonchev–Trinajstić information content (AvgIpc) is 2.97. The summed E-state index contributed by atoms with van der Waals surface area (Å²) < 4.78 is 11.5. The second-order valence-corrected chi connectivity index (χ2v) is 5.12. The van der Waals surface area contributed by atoms with Gasteiger partial charge in [0.1, 0.15) is 24.4 Å². The molecule has 1 fully saturated rings. The molecule has 0 bridgehead atoms. The summed E-state index contributed by atoms with van der Waals surface area (Å²) in [5.74, 6) is 0. The molecule has 0 aromatic carbocycles. The SMILES string of the molecule is COc1nc2c(ncn2[C@@H]2O[C@H](CO)[C@@H](O)[C@H](O)[C@H]2O)c(=O)[nH]1. The van der Waals surface area contributed by atoms with Crippen LogP contribution in [0.25, 0.3) is 11.2 Å². The highest BCUT2D eigenvalue weighted by Crippen LogP contribution is 2.30. The van der Waals surface area contributed by atoms with E-state index in [9.17, 15) is 25.2 Å². The molecule has 0 saturated carbocycles. The van der Waals surface area contributed by atoms with Crippen molar-refractivity contribution in [2.45, 2.75) is 30.6 Å². The standard InChI is InChI=1S/C12H16N4O7/c1-22-12-14-9-5(10(21)15-12)13-3-16(9)11-8(20)7(19)6(18)4(2-17)23-11/h3-4,6-8,11,17-20H,2H2,1H3,(H,14,15,21)/t4-,6-,7+,8-,11-/m1/s1. The van der Waals surface area contributed by atoms with Crippen LogP contribution in [0.3, 0.4) is 0 Å². The van der Waals surface area contributed by atoms with Gasteiger partial charge in [-0.05, 0) is 0 Å². The van der Waals surface area contributed by atoms with Gasteiger partial charge in [0.15, 0.2) is 17.4 Å². The van der Waals surface area contributed by atoms with Crippen molar-refractivity contribution in [3.8, 4) is 6.01 Å². The van der Waals surface area contributed by atoms with Crippen molar-refractivity contribution in [3.05, 3.63) is 16.7 Å². The molecule has 126 valence electrons. The molecule has 1 saturated heterocycles. The van der Waals surface area contributed by atoms with E-state index in [1.807, 2.05) is 0 Å². The van der Waals surface area contributed by atoms with Crippen LogP contribution in [0.15, 0.2) is 11.1 Å². The zero-order valence-electron chi connectivity index (χ0n) is 12.0. The third kappa shape index (κ3) is 2.48. The Morgan fingerprint density at radius 1 is 1.35 bits per heavy atom. The quantitative estimate of drug-likeness (QED) is 0.397. The molecule has 0 amide bonds. The maximum Gasteiger partial charge on any atom is 0.298 e. The molecule has 23 heavy (non-hydrogen) atoms. The Morgan fingerprint density at radius 2 is 2.09 bits per heavy atom. The molecular weight excluding hydrogens is 312 g/mol. The second-order valence-electron chi connectivity index (χ2n) is 5.12. The fourth-order valence-electron chi connectivity index (χ4n) is 2.50. The van der Waals surface area contributed by atoms with Crippen LogP contribution in [0.5, 0.6) is 6.01 Å². The highest BCUT2D eigenvalue weighted by atomic mass is 16.6. The van der Waals surface area contributed by atoms with Crippen LogP contribution in [0.1, 0.15) is 6.23 Å². The predicted molar refractivity (Wildman–Crippen MR) is 73.7 cm³/mol. The largest absolute Gasteiger partial charge is 0.468 e. The minimum absolute atomic E-state index is 0.0113. The van der Waals surface area contributed by atoms with Gasteiger partial charge in [0.2, 0.25) is 0 Å². The van der Waals surface area contributed by atoms with Gasteiger partial charge in [-0.3, -0.25) is 14.3 Å². The third-order valence-electron chi connectivity index (χ3n) is 3.75. The molecule has 2 aromatic rings. The molecule has 5 N–H and O–H groups in total. The van der Waals surface area contributed by atoms with E-state index >= 15 is 0 Å². The molecule has 0 unspecified atom stereocenters. The number of hydrogen-bond donors (Lipinski definition) is 5. The summed E-state index contributed by atoms with van der Waals surface area (Å²) >= 11 is 0. The van der Waals surface area contributed by atoms with Gasteiger partial charge in [-0.1, -0.05) is 0 Å². The van der Waals surface area contributed by atoms with E-state index in [4.69, 9.17) is 9.47 Å². The van der Waals surface area contributed by atoms with E-state index in [1.165, 1.54) is 18.0 Å². The van der Waals surface area contributed by atoms with E-state index in [2.05, 4.69) is 15.0 Å². The number of nitrogens with one attached hydrogen (secondary N) is 1. The Kier molecular flexibility index (Phi) is 4.04. The van der Waals surface area contributed by atoms with Gasteiger partial charge in [-0.15, -0.1) is 0 Å². The first-order valence-corrected chi connectivity index (χ1v) is 6.79. The summed E-state index contributed by atoms with van der Waals surface area (Å²) in [6.07, 6.45) is -5.62. The number of H-pyrrole nitrogens is 1. The predicted octanol–water partition coefficient (Wildman–Crippen LogP) is -2.90. The highest BCUT2D eigenvalue weighted by molar-refractivity contribution is 5.69. The summed E-state index contributed by atoms with van der Waals surface area (Å²) in [5.41, 5.74) is -0.493. The number of aromatic amines is 1. The Labute approximate surface area is 128 Å². The maximum absolute atomic E-state index is 11.9. The molecule has 11 heteroatoms. The smallest absolute Gasteiger partial charge is 0.298 e. The minimum atomic E-state index is -1.55. The summed E-state index contributed by atoms with van der Waals surface area (Å²) in [5, 5.41) is 39.0. The Hall–Kier alpha value is -2.05. The third-order valence-corrected chi connectivity index (χ3v) is 3.75. The molecule has 0 spiro atoms. The van der Waals surface area contributed by atoms with Gasteiger partial charge >= 0.3 is 0 Å². The van der Waals surface area contributed by atoms with Crippen LogP contribution in [0, 0.1) is 0 Å². The van der Waals surface area contributed by atoms with E-state index in [0.717, 1.165) is 0 Å². The maximum atomic E-state index is 11.9. The fourth-order valence-corrected chi connectivity index (χ4v) is 2.50. The van der Waals surface area contributed by atoms with E-state index < -0.39 is 42.8 Å². The van der Waals surface area contributed by atoms with Crippen LogP contribution in [-0.4, -0.2) is 78.1 Å². The van der Waals surface area contributed by atoms with Crippen molar-refractivity contribution in [2.75, 3.05) is 13.7 Å². The number of ether oxygens (including phenoxy) is 2. The van der Waals surface area contributed by atoms with Gasteiger partial charge in [-0.25, -0.2) is 4.98 Å². The van der Waals surface area contributed by atoms with Crippen molar-refractivity contribution >= 4 is 11.2 Å². The molecular formula is C12H16N4O7. The zero-order chi connectivity index (χ0) is 16.7. The number of rotatable bonds is 3. The number of fused-ring (bicyclic) bond motifs is 1. The molecule has 3 heterocycles. The van der Waals surface area contributed by atoms with Crippen LogP contribution in [0.4, 0.5) is 0 Å². The van der Waals surface area contributed by atoms with Gasteiger partial charge in [-0.2, -0.15) is 4.98 Å². The van der Waals surface area contributed by atoms with Crippen LogP contribution in [-0.2, 0) is 4.74 Å². The molecule has 3 rings (SSSR count). The molecule has 0 radical (unpaired) electrons. The van der Waals surface area contributed by atoms with Crippen molar-refractivity contribution in [1.29, 1.82) is 0 Å². The molecule has 1 aliphatic heterocycles. The lowest BCUT2D eigenvalue weighted by Gasteiger charge is -2.40. The Bertz CT molecular complexity index is 757. The van der Waals surface area contributed by atoms with Crippen molar-refractivity contribution < 1.29 is 29.9 Å². The first-order valence-electron chi connectivity index (χ1n) is 6.79. The number of imidazole rings is 1. The first-order chi connectivity index (χ1) is 11.0. The summed E-state index contributed by atoms with van der Waals surface area (Å²) in [6, 6.07) is -0.0613. The van der Waals surface area contributed by atoms with Gasteiger partial charge in [0.05, 0.1) is 20.0 Å². The normalized spacial score (nSPS) is 31.4. The lowest BCUT2D eigenvalue weighted by molar-refractivity contribution is -0.250. The Morgan fingerprint density at radius 3 is 2.74 bits per heavy atom. The van der Waals surface area contributed by atoms with E-state index in [1.54, 1.807) is 0 Å². The van der Waals surface area contributed by atoms with Crippen LogP contribution < -0.4 is 10.3 Å². The monoisotopic (exact) mass is 328 g/mol. The van der Waals surface area contributed by atoms with Crippen LogP contribution >= 0.6 is 0 Å². The second kappa shape index (κ2) is 5.86. The topological polar surface area (TPSA) is 163 Å². The molecule has 0 aliphatic carbocycles. The number of methoxy groups -OCH3 is 1. The summed E-state index contributed by atoms with van der Waals surface area (Å²) in [6.45, 7) is -0.564. The summed E-state index contributed by atoms with van der Waals surface area (Å²) in [7, 11) is 1.32. The molecule has 1 aliphatic rings. The molecule has 2 aromatic heterocycles. The zero-order valence-corrected chi connectivity index (χ0v) is 12.0. The number of hydrogen-bond acceptors (Lipinski definition) is 9. The Balaban J connectivity index is 2.08. The highest BCUT2D eigenvalue weighted by Gasteiger charge is 2.44. The first kappa shape index (κ1) is 15.8. The van der Waals surface area contributed by atoms with Crippen molar-refractivity contribution in [2.24, 2.45) is 0 Å². The van der Waals surface area contributed by atoms with Gasteiger partial charge in [0, 0.05) is 0 Å². The molecule has 11 nitrogen and oxygen atoms in total. The van der Waals surface area contributed by atoms with Crippen LogP contribution in [0.2, 0.25) is 0 Å². The number of aliphatic hydroxyl groups is 4. The van der Waals surface area contributed by atoms with Crippen molar-refractivity contribution in [1.82, 2.24) is 19.5 Å². The lowest BCUT2D eigenvalue weighted by atomic mass is 9.98. The lowest BCUT2D eigenvalue weighted by Crippen LogP contribution is -2.56. The van der Waals surface area contributed by atoms with Gasteiger partial charge < -0.3 is 29.9 Å². The number of aliphatic hydroxyl groups excluding tert-OH is 4. The number of aromatic nitrogens is 4. The van der Waals surface area contributed by atoms with Crippen molar-refractivity contribution in [3.63, 3.8) is 0 Å². The number of nitrogens with zero attached hydrogens (tertiary/aromatic N) is 3. The van der Waals surface area contributed by atoms with E-state index in [0.29, 0.717) is 0 Å². The minimum Gasteiger partial charge on any atom is -0.468 e. The summed E-state index contributed by atoms with van der Waals surface area (Å²) in [4.78, 5) is 22.2. The molecule has 5 atom stereocenters. The van der Waals surface area contributed by atoms with Gasteiger partial charge in [0.25, 0.3) is 11.6 Å². The fraction of sp³-hybridized carbons (Fsp3) is 0.583. The van der Waals surface area contributed by atoms with E-state index in [-0.39, 0.29) is 17.2 Å². The average molecular weight is 328 g/mol.